The molecule has 0 N–H and O–H groups in total. The van der Waals surface area contributed by atoms with Gasteiger partial charge in [0.25, 0.3) is 0 Å². The lowest BCUT2D eigenvalue weighted by molar-refractivity contribution is 1.25. The summed E-state index contributed by atoms with van der Waals surface area (Å²) in [5.74, 6) is 0. The van der Waals surface area contributed by atoms with Gasteiger partial charge in [-0.05, 0) is 31.5 Å². The van der Waals surface area contributed by atoms with Gasteiger partial charge in [0.15, 0.2) is 5.17 Å². The lowest BCUT2D eigenvalue weighted by Crippen LogP contribution is -1.84. The summed E-state index contributed by atoms with van der Waals surface area (Å²) in [7, 11) is 0. The highest BCUT2D eigenvalue weighted by molar-refractivity contribution is 8.13. The van der Waals surface area contributed by atoms with Gasteiger partial charge in [0.1, 0.15) is 0 Å². The van der Waals surface area contributed by atoms with Gasteiger partial charge in [0.2, 0.25) is 0 Å². The zero-order valence-electron chi connectivity index (χ0n) is 7.69. The summed E-state index contributed by atoms with van der Waals surface area (Å²) in [6, 6.07) is 1.86. The maximum atomic E-state index is 4.31. The summed E-state index contributed by atoms with van der Waals surface area (Å²) in [5.41, 5.74) is 1.93. The SMILES string of the molecule is C=NC(=Nc1ccncc1C)SC. The molecule has 68 valence electrons. The molecule has 0 fully saturated rings. The zero-order valence-corrected chi connectivity index (χ0v) is 8.51. The highest BCUT2D eigenvalue weighted by atomic mass is 32.2. The van der Waals surface area contributed by atoms with Gasteiger partial charge in [-0.3, -0.25) is 4.98 Å². The van der Waals surface area contributed by atoms with Crippen LogP contribution in [0.25, 0.3) is 0 Å². The van der Waals surface area contributed by atoms with Crippen molar-refractivity contribution < 1.29 is 0 Å². The van der Waals surface area contributed by atoms with Crippen molar-refractivity contribution in [1.29, 1.82) is 0 Å². The van der Waals surface area contributed by atoms with E-state index >= 15 is 0 Å². The van der Waals surface area contributed by atoms with E-state index in [1.165, 1.54) is 11.8 Å². The predicted octanol–water partition coefficient (Wildman–Crippen LogP) is 2.44. The number of aromatic nitrogens is 1. The highest BCUT2D eigenvalue weighted by Crippen LogP contribution is 2.18. The Morgan fingerprint density at radius 2 is 2.38 bits per heavy atom. The molecule has 13 heavy (non-hydrogen) atoms. The number of hydrogen-bond acceptors (Lipinski definition) is 3. The van der Waals surface area contributed by atoms with Crippen molar-refractivity contribution >= 4 is 29.3 Å². The summed E-state index contributed by atoms with van der Waals surface area (Å²) in [6.07, 6.45) is 5.41. The summed E-state index contributed by atoms with van der Waals surface area (Å²) in [6.45, 7) is 5.41. The van der Waals surface area contributed by atoms with Crippen molar-refractivity contribution in [2.45, 2.75) is 6.92 Å². The standard InChI is InChI=1S/C9H11N3S/c1-7-6-11-5-4-8(7)12-9(10-2)13-3/h4-6H,2H2,1,3H3. The van der Waals surface area contributed by atoms with Crippen LogP contribution in [-0.4, -0.2) is 23.1 Å². The summed E-state index contributed by atoms with van der Waals surface area (Å²) >= 11 is 1.47. The molecule has 0 unspecified atom stereocenters. The molecule has 0 amide bonds. The Hall–Kier alpha value is -1.16. The molecule has 0 saturated heterocycles. The van der Waals surface area contributed by atoms with E-state index in [4.69, 9.17) is 0 Å². The number of thioether (sulfide) groups is 1. The molecule has 3 nitrogen and oxygen atoms in total. The van der Waals surface area contributed by atoms with Crippen LogP contribution in [0.5, 0.6) is 0 Å². The van der Waals surface area contributed by atoms with Crippen molar-refractivity contribution in [2.75, 3.05) is 6.26 Å². The number of aliphatic imine (C=N–C) groups is 2. The highest BCUT2D eigenvalue weighted by Gasteiger charge is 1.96. The second kappa shape index (κ2) is 4.77. The molecule has 0 aliphatic rings. The van der Waals surface area contributed by atoms with Crippen LogP contribution in [0.1, 0.15) is 5.56 Å². The molecule has 0 spiro atoms. The van der Waals surface area contributed by atoms with Crippen LogP contribution < -0.4 is 0 Å². The van der Waals surface area contributed by atoms with Crippen molar-refractivity contribution in [3.05, 3.63) is 24.0 Å². The van der Waals surface area contributed by atoms with Crippen molar-refractivity contribution in [2.24, 2.45) is 9.98 Å². The van der Waals surface area contributed by atoms with E-state index in [0.717, 1.165) is 11.3 Å². The molecular formula is C9H11N3S. The van der Waals surface area contributed by atoms with Gasteiger partial charge in [-0.1, -0.05) is 11.8 Å². The molecule has 0 bridgehead atoms. The Morgan fingerprint density at radius 3 is 2.92 bits per heavy atom. The third-order valence-electron chi connectivity index (χ3n) is 1.52. The fraction of sp³-hybridized carbons (Fsp3) is 0.222. The van der Waals surface area contributed by atoms with E-state index in [0.29, 0.717) is 5.17 Å². The Balaban J connectivity index is 3.02. The third kappa shape index (κ3) is 2.66. The average molecular weight is 193 g/mol. The molecule has 0 aliphatic carbocycles. The monoisotopic (exact) mass is 193 g/mol. The first kappa shape index (κ1) is 9.92. The van der Waals surface area contributed by atoms with Crippen LogP contribution >= 0.6 is 11.8 Å². The van der Waals surface area contributed by atoms with Crippen LogP contribution in [0, 0.1) is 6.92 Å². The van der Waals surface area contributed by atoms with E-state index in [2.05, 4.69) is 21.7 Å². The molecule has 0 radical (unpaired) electrons. The van der Waals surface area contributed by atoms with Gasteiger partial charge in [0, 0.05) is 12.4 Å². The summed E-state index contributed by atoms with van der Waals surface area (Å²) in [5, 5.41) is 0.675. The quantitative estimate of drug-likeness (QED) is 0.507. The van der Waals surface area contributed by atoms with Crippen molar-refractivity contribution in [3.8, 4) is 0 Å². The summed E-state index contributed by atoms with van der Waals surface area (Å²) in [4.78, 5) is 12.1. The maximum absolute atomic E-state index is 4.31. The number of rotatable bonds is 1. The smallest absolute Gasteiger partial charge is 0.187 e. The summed E-state index contributed by atoms with van der Waals surface area (Å²) < 4.78 is 0. The molecule has 0 saturated carbocycles. The largest absolute Gasteiger partial charge is 0.264 e. The normalized spacial score (nSPS) is 11.4. The molecule has 1 rings (SSSR count). The van der Waals surface area contributed by atoms with Gasteiger partial charge < -0.3 is 0 Å². The van der Waals surface area contributed by atoms with E-state index in [9.17, 15) is 0 Å². The molecule has 1 heterocycles. The van der Waals surface area contributed by atoms with E-state index < -0.39 is 0 Å². The van der Waals surface area contributed by atoms with Crippen molar-refractivity contribution in [1.82, 2.24) is 4.98 Å². The number of hydrogen-bond donors (Lipinski definition) is 0. The van der Waals surface area contributed by atoms with E-state index in [1.54, 1.807) is 12.4 Å². The van der Waals surface area contributed by atoms with E-state index in [-0.39, 0.29) is 0 Å². The molecule has 0 atom stereocenters. The Morgan fingerprint density at radius 1 is 1.62 bits per heavy atom. The van der Waals surface area contributed by atoms with Gasteiger partial charge in [-0.15, -0.1) is 0 Å². The molecule has 4 heteroatoms. The van der Waals surface area contributed by atoms with Crippen molar-refractivity contribution in [3.63, 3.8) is 0 Å². The molecule has 0 aromatic carbocycles. The number of pyridine rings is 1. The molecule has 1 aromatic heterocycles. The minimum Gasteiger partial charge on any atom is -0.264 e. The Labute approximate surface area is 82.0 Å². The first-order valence-corrected chi connectivity index (χ1v) is 5.00. The number of nitrogens with zero attached hydrogens (tertiary/aromatic N) is 3. The van der Waals surface area contributed by atoms with Crippen LogP contribution in [-0.2, 0) is 0 Å². The lowest BCUT2D eigenvalue weighted by atomic mass is 10.3. The predicted molar refractivity (Wildman–Crippen MR) is 59.1 cm³/mol. The molecule has 0 aliphatic heterocycles. The lowest BCUT2D eigenvalue weighted by Gasteiger charge is -1.99. The van der Waals surface area contributed by atoms with Crippen LogP contribution in [0.2, 0.25) is 0 Å². The molecule has 1 aromatic rings. The topological polar surface area (TPSA) is 37.6 Å². The van der Waals surface area contributed by atoms with Crippen LogP contribution in [0.15, 0.2) is 28.4 Å². The van der Waals surface area contributed by atoms with Gasteiger partial charge >= 0.3 is 0 Å². The second-order valence-corrected chi connectivity index (χ2v) is 3.19. The zero-order chi connectivity index (χ0) is 9.68. The number of aryl methyl sites for hydroxylation is 1. The van der Waals surface area contributed by atoms with E-state index in [1.807, 2.05) is 19.2 Å². The maximum Gasteiger partial charge on any atom is 0.187 e. The fourth-order valence-corrected chi connectivity index (χ4v) is 1.16. The van der Waals surface area contributed by atoms with Crippen LogP contribution in [0.4, 0.5) is 5.69 Å². The van der Waals surface area contributed by atoms with Crippen LogP contribution in [0.3, 0.4) is 0 Å². The fourth-order valence-electron chi connectivity index (χ4n) is 0.840. The molecular weight excluding hydrogens is 182 g/mol. The van der Waals surface area contributed by atoms with Gasteiger partial charge in [-0.2, -0.15) is 0 Å². The Bertz CT molecular complexity index is 333. The first-order chi connectivity index (χ1) is 6.27. The number of amidine groups is 1. The Kier molecular flexibility index (Phi) is 3.64. The van der Waals surface area contributed by atoms with Gasteiger partial charge in [-0.25, -0.2) is 9.98 Å². The third-order valence-corrected chi connectivity index (χ3v) is 2.11. The minimum atomic E-state index is 0.675. The average Bonchev–Trinajstić information content (AvgIpc) is 2.17. The first-order valence-electron chi connectivity index (χ1n) is 3.78. The second-order valence-electron chi connectivity index (χ2n) is 2.42. The minimum absolute atomic E-state index is 0.675. The van der Waals surface area contributed by atoms with Gasteiger partial charge in [0.05, 0.1) is 5.69 Å².